The van der Waals surface area contributed by atoms with Crippen LogP contribution in [0.3, 0.4) is 0 Å². The van der Waals surface area contributed by atoms with Gasteiger partial charge in [-0.15, -0.1) is 0 Å². The molecule has 30 heavy (non-hydrogen) atoms. The van der Waals surface area contributed by atoms with E-state index in [1.54, 1.807) is 7.11 Å². The molecule has 2 aliphatic heterocycles. The average molecular weight is 406 g/mol. The Kier molecular flexibility index (Phi) is 4.79. The Labute approximate surface area is 175 Å². The Hall–Kier alpha value is -2.77. The molecule has 2 aliphatic rings. The summed E-state index contributed by atoms with van der Waals surface area (Å²) in [5, 5.41) is 1.14. The van der Waals surface area contributed by atoms with E-state index in [1.807, 2.05) is 23.5 Å². The molecule has 1 fully saturated rings. The molecule has 5 rings (SSSR count). The number of carbonyl (C=O) groups excluding carboxylic acids is 1. The first-order chi connectivity index (χ1) is 14.5. The molecule has 7 heteroatoms. The van der Waals surface area contributed by atoms with Crippen molar-refractivity contribution >= 4 is 22.6 Å². The van der Waals surface area contributed by atoms with Crippen molar-refractivity contribution in [3.05, 3.63) is 41.5 Å². The predicted octanol–water partition coefficient (Wildman–Crippen LogP) is 3.32. The van der Waals surface area contributed by atoms with E-state index in [1.165, 1.54) is 5.56 Å². The summed E-state index contributed by atoms with van der Waals surface area (Å²) in [7, 11) is 1.74. The van der Waals surface area contributed by atoms with Gasteiger partial charge in [0.2, 0.25) is 5.91 Å². The molecule has 156 valence electrons. The van der Waals surface area contributed by atoms with Crippen molar-refractivity contribution in [1.29, 1.82) is 0 Å². The van der Waals surface area contributed by atoms with Gasteiger partial charge in [0, 0.05) is 55.2 Å². The smallest absolute Gasteiger partial charge is 0.233 e. The number of carbonyl (C=O) groups is 1. The third kappa shape index (κ3) is 3.18. The molecule has 0 bridgehead atoms. The lowest BCUT2D eigenvalue weighted by Crippen LogP contribution is -2.41. The fourth-order valence-corrected chi connectivity index (χ4v) is 4.70. The van der Waals surface area contributed by atoms with Gasteiger partial charge in [-0.05, 0) is 37.5 Å². The number of methoxy groups -OCH3 is 1. The molecule has 5 heterocycles. The summed E-state index contributed by atoms with van der Waals surface area (Å²) in [4.78, 5) is 27.0. The number of H-pyrrole nitrogens is 1. The van der Waals surface area contributed by atoms with Crippen LogP contribution in [0.4, 0.5) is 5.69 Å². The quantitative estimate of drug-likeness (QED) is 0.719. The molecule has 2 atom stereocenters. The number of pyridine rings is 2. The van der Waals surface area contributed by atoms with Gasteiger partial charge in [0.15, 0.2) is 0 Å². The number of hydrogen-bond acceptors (Lipinski definition) is 5. The number of hydrogen-bond donors (Lipinski definition) is 1. The maximum absolute atomic E-state index is 12.7. The van der Waals surface area contributed by atoms with E-state index >= 15 is 0 Å². The maximum Gasteiger partial charge on any atom is 0.233 e. The molecular weight excluding hydrogens is 380 g/mol. The highest BCUT2D eigenvalue weighted by Crippen LogP contribution is 2.35. The largest absolute Gasteiger partial charge is 0.381 e. The number of aryl methyl sites for hydroxylation is 2. The Bertz CT molecular complexity index is 1120. The monoisotopic (exact) mass is 406 g/mol. The van der Waals surface area contributed by atoms with Crippen LogP contribution in [-0.2, 0) is 20.7 Å². The van der Waals surface area contributed by atoms with Crippen LogP contribution in [0.5, 0.6) is 0 Å². The summed E-state index contributed by atoms with van der Waals surface area (Å²) in [6, 6.07) is 2.07. The highest BCUT2D eigenvalue weighted by atomic mass is 16.5. The number of amides is 1. The second-order valence-corrected chi connectivity index (χ2v) is 8.24. The first-order valence-electron chi connectivity index (χ1n) is 10.4. The number of nitrogens with one attached hydrogen (secondary N) is 1. The molecule has 0 saturated carbocycles. The number of rotatable bonds is 4. The second kappa shape index (κ2) is 7.49. The zero-order chi connectivity index (χ0) is 20.8. The molecule has 0 unspecified atom stereocenters. The Morgan fingerprint density at radius 2 is 2.17 bits per heavy atom. The zero-order valence-electron chi connectivity index (χ0n) is 17.6. The van der Waals surface area contributed by atoms with E-state index in [0.29, 0.717) is 19.6 Å². The third-order valence-corrected chi connectivity index (χ3v) is 6.37. The lowest BCUT2D eigenvalue weighted by Gasteiger charge is -2.31. The van der Waals surface area contributed by atoms with E-state index in [2.05, 4.69) is 34.9 Å². The maximum atomic E-state index is 12.7. The Morgan fingerprint density at radius 3 is 3.00 bits per heavy atom. The minimum atomic E-state index is -0.0236. The fourth-order valence-electron chi connectivity index (χ4n) is 4.70. The second-order valence-electron chi connectivity index (χ2n) is 8.24. The standard InChI is InChI=1S/C23H26N4O3/c1-13-9-25-23-22(13)14(2)18(11-26-23)15-6-20-19(24-10-15)8-21(28)27(20)12-17-7-16(29-3)4-5-30-17/h6,9-11,16-17H,4-5,7-8,12H2,1-3H3,(H,25,26)/t16-,17+/m0/s1. The Morgan fingerprint density at radius 1 is 1.30 bits per heavy atom. The number of anilines is 1. The van der Waals surface area contributed by atoms with Crippen molar-refractivity contribution in [3.8, 4) is 11.1 Å². The average Bonchev–Trinajstić information content (AvgIpc) is 3.28. The van der Waals surface area contributed by atoms with E-state index in [4.69, 9.17) is 9.47 Å². The highest BCUT2D eigenvalue weighted by molar-refractivity contribution is 6.01. The zero-order valence-corrected chi connectivity index (χ0v) is 17.6. The van der Waals surface area contributed by atoms with E-state index in [9.17, 15) is 4.79 Å². The molecule has 7 nitrogen and oxygen atoms in total. The van der Waals surface area contributed by atoms with Crippen molar-refractivity contribution in [2.45, 2.75) is 45.3 Å². The van der Waals surface area contributed by atoms with E-state index in [-0.39, 0.29) is 18.1 Å². The molecular formula is C23H26N4O3. The summed E-state index contributed by atoms with van der Waals surface area (Å²) in [5.41, 5.74) is 6.94. The summed E-state index contributed by atoms with van der Waals surface area (Å²) >= 11 is 0. The van der Waals surface area contributed by atoms with Crippen LogP contribution in [0.2, 0.25) is 0 Å². The SMILES string of the molecule is CO[C@H]1CCO[C@@H](CN2C(=O)Cc3ncc(-c4cnc5[nH]cc(C)c5c4C)cc32)C1. The molecule has 0 aliphatic carbocycles. The van der Waals surface area contributed by atoms with Crippen molar-refractivity contribution in [3.63, 3.8) is 0 Å². The third-order valence-electron chi connectivity index (χ3n) is 6.37. The first kappa shape index (κ1) is 19.2. The van der Waals surface area contributed by atoms with Gasteiger partial charge in [-0.3, -0.25) is 9.78 Å². The molecule has 0 radical (unpaired) electrons. The summed E-state index contributed by atoms with van der Waals surface area (Å²) in [6.07, 6.45) is 7.92. The van der Waals surface area contributed by atoms with Crippen molar-refractivity contribution in [2.24, 2.45) is 0 Å². The fraction of sp³-hybridized carbons (Fsp3) is 0.435. The number of ether oxygens (including phenoxy) is 2. The van der Waals surface area contributed by atoms with Gasteiger partial charge in [0.1, 0.15) is 5.65 Å². The lowest BCUT2D eigenvalue weighted by atomic mass is 10.00. The topological polar surface area (TPSA) is 80.3 Å². The number of aromatic amines is 1. The summed E-state index contributed by atoms with van der Waals surface area (Å²) in [5.74, 6) is 0.0737. The van der Waals surface area contributed by atoms with Crippen LogP contribution in [0.15, 0.2) is 24.7 Å². The van der Waals surface area contributed by atoms with Crippen LogP contribution >= 0.6 is 0 Å². The molecule has 3 aromatic heterocycles. The number of nitrogens with zero attached hydrogens (tertiary/aromatic N) is 3. The van der Waals surface area contributed by atoms with Gasteiger partial charge >= 0.3 is 0 Å². The minimum absolute atomic E-state index is 0.0236. The highest BCUT2D eigenvalue weighted by Gasteiger charge is 2.33. The van der Waals surface area contributed by atoms with Crippen LogP contribution < -0.4 is 4.90 Å². The van der Waals surface area contributed by atoms with Gasteiger partial charge in [0.25, 0.3) is 0 Å². The van der Waals surface area contributed by atoms with Crippen molar-refractivity contribution in [1.82, 2.24) is 15.0 Å². The molecule has 1 N–H and O–H groups in total. The van der Waals surface area contributed by atoms with E-state index < -0.39 is 0 Å². The normalized spacial score (nSPS) is 21.4. The molecule has 0 aromatic carbocycles. The van der Waals surface area contributed by atoms with Crippen molar-refractivity contribution < 1.29 is 14.3 Å². The lowest BCUT2D eigenvalue weighted by molar-refractivity contribution is -0.118. The van der Waals surface area contributed by atoms with Crippen LogP contribution in [0, 0.1) is 13.8 Å². The van der Waals surface area contributed by atoms with Gasteiger partial charge in [0.05, 0.1) is 36.6 Å². The van der Waals surface area contributed by atoms with Gasteiger partial charge in [-0.2, -0.15) is 0 Å². The minimum Gasteiger partial charge on any atom is -0.381 e. The van der Waals surface area contributed by atoms with Gasteiger partial charge < -0.3 is 19.4 Å². The van der Waals surface area contributed by atoms with Crippen LogP contribution in [0.1, 0.15) is 29.7 Å². The van der Waals surface area contributed by atoms with E-state index in [0.717, 1.165) is 51.9 Å². The van der Waals surface area contributed by atoms with Gasteiger partial charge in [-0.1, -0.05) is 0 Å². The van der Waals surface area contributed by atoms with Gasteiger partial charge in [-0.25, -0.2) is 4.98 Å². The van der Waals surface area contributed by atoms with Crippen molar-refractivity contribution in [2.75, 3.05) is 25.2 Å². The summed E-state index contributed by atoms with van der Waals surface area (Å²) < 4.78 is 11.4. The van der Waals surface area contributed by atoms with Crippen LogP contribution in [-0.4, -0.2) is 53.3 Å². The molecule has 1 amide bonds. The predicted molar refractivity (Wildman–Crippen MR) is 115 cm³/mol. The molecule has 0 spiro atoms. The molecule has 3 aromatic rings. The van der Waals surface area contributed by atoms with Crippen LogP contribution in [0.25, 0.3) is 22.2 Å². The first-order valence-corrected chi connectivity index (χ1v) is 10.4. The Balaban J connectivity index is 1.48. The number of aromatic nitrogens is 3. The summed E-state index contributed by atoms with van der Waals surface area (Å²) in [6.45, 7) is 5.38. The number of fused-ring (bicyclic) bond motifs is 2. The molecule has 1 saturated heterocycles.